The van der Waals surface area contributed by atoms with Crippen molar-refractivity contribution in [3.8, 4) is 0 Å². The average molecular weight is 499 g/mol. The van der Waals surface area contributed by atoms with E-state index in [1.165, 1.54) is 0 Å². The van der Waals surface area contributed by atoms with Gasteiger partial charge in [-0.25, -0.2) is 0 Å². The average Bonchev–Trinajstić information content (AvgIpc) is 2.90. The predicted octanol–water partition coefficient (Wildman–Crippen LogP) is 3.31. The molecule has 1 saturated heterocycles. The number of rotatable bonds is 8. The molecule has 0 saturated carbocycles. The van der Waals surface area contributed by atoms with Crippen molar-refractivity contribution in [1.29, 1.82) is 0 Å². The van der Waals surface area contributed by atoms with Crippen LogP contribution in [0, 0.1) is 0 Å². The molecule has 0 aromatic heterocycles. The Morgan fingerprint density at radius 3 is 2.14 bits per heavy atom. The molecule has 0 radical (unpaired) electrons. The van der Waals surface area contributed by atoms with Crippen molar-refractivity contribution in [3.05, 3.63) is 70.8 Å². The second-order valence-corrected chi connectivity index (χ2v) is 8.01. The van der Waals surface area contributed by atoms with Gasteiger partial charge in [-0.15, -0.1) is 0 Å². The summed E-state index contributed by atoms with van der Waals surface area (Å²) < 4.78 is 0. The number of nitrogens with one attached hydrogen (secondary N) is 2. The Labute approximate surface area is 212 Å². The smallest absolute Gasteiger partial charge is 0.253 e. The summed E-state index contributed by atoms with van der Waals surface area (Å²) in [5.41, 5.74) is 9.00. The SMILES string of the molecule is CC.CNCC(=O)N1CCN(C(=O)c2ccc(NC/N=C\C=C(/N)c3ccc(Cl)cc3)cc2)CC1. The monoisotopic (exact) mass is 498 g/mol. The van der Waals surface area contributed by atoms with Crippen molar-refractivity contribution < 1.29 is 9.59 Å². The van der Waals surface area contributed by atoms with Crippen molar-refractivity contribution >= 4 is 41.0 Å². The molecule has 0 unspecified atom stereocenters. The van der Waals surface area contributed by atoms with Crippen LogP contribution in [0.5, 0.6) is 0 Å². The van der Waals surface area contributed by atoms with Gasteiger partial charge in [0, 0.05) is 54.4 Å². The van der Waals surface area contributed by atoms with Crippen molar-refractivity contribution in [2.75, 3.05) is 51.8 Å². The van der Waals surface area contributed by atoms with Crippen LogP contribution in [0.1, 0.15) is 29.8 Å². The molecule has 3 rings (SSSR count). The van der Waals surface area contributed by atoms with E-state index in [0.717, 1.165) is 11.3 Å². The molecule has 9 heteroatoms. The highest BCUT2D eigenvalue weighted by molar-refractivity contribution is 6.30. The van der Waals surface area contributed by atoms with E-state index in [4.69, 9.17) is 17.3 Å². The second kappa shape index (κ2) is 14.8. The predicted molar refractivity (Wildman–Crippen MR) is 145 cm³/mol. The molecule has 2 aromatic carbocycles. The summed E-state index contributed by atoms with van der Waals surface area (Å²) in [6, 6.07) is 14.6. The quantitative estimate of drug-likeness (QED) is 0.484. The van der Waals surface area contributed by atoms with Gasteiger partial charge in [-0.05, 0) is 55.1 Å². The lowest BCUT2D eigenvalue weighted by atomic mass is 10.1. The molecule has 1 aliphatic rings. The first kappa shape index (κ1) is 27.9. The normalized spacial score (nSPS) is 13.9. The number of benzene rings is 2. The lowest BCUT2D eigenvalue weighted by Crippen LogP contribution is -2.52. The highest BCUT2D eigenvalue weighted by atomic mass is 35.5. The zero-order chi connectivity index (χ0) is 25.6. The number of aliphatic imine (C=N–C) groups is 1. The van der Waals surface area contributed by atoms with Gasteiger partial charge in [0.1, 0.15) is 6.67 Å². The van der Waals surface area contributed by atoms with E-state index in [2.05, 4.69) is 15.6 Å². The summed E-state index contributed by atoms with van der Waals surface area (Å²) >= 11 is 5.88. The van der Waals surface area contributed by atoms with Crippen LogP contribution in [0.15, 0.2) is 59.6 Å². The van der Waals surface area contributed by atoms with Gasteiger partial charge >= 0.3 is 0 Å². The first-order chi connectivity index (χ1) is 17.0. The van der Waals surface area contributed by atoms with Crippen LogP contribution in [-0.4, -0.2) is 74.3 Å². The number of hydrogen-bond donors (Lipinski definition) is 3. The Morgan fingerprint density at radius 1 is 0.971 bits per heavy atom. The Kier molecular flexibility index (Phi) is 11.8. The van der Waals surface area contributed by atoms with Gasteiger partial charge in [-0.3, -0.25) is 14.6 Å². The summed E-state index contributed by atoms with van der Waals surface area (Å²) in [7, 11) is 1.75. The van der Waals surface area contributed by atoms with Crippen molar-refractivity contribution in [2.24, 2.45) is 10.7 Å². The third-order valence-electron chi connectivity index (χ3n) is 5.29. The maximum Gasteiger partial charge on any atom is 0.253 e. The van der Waals surface area contributed by atoms with E-state index in [1.807, 2.05) is 38.1 Å². The fourth-order valence-electron chi connectivity index (χ4n) is 3.40. The topological polar surface area (TPSA) is 103 Å². The molecule has 0 atom stereocenters. The van der Waals surface area contributed by atoms with Gasteiger partial charge in [0.25, 0.3) is 5.91 Å². The number of likely N-dealkylation sites (N-methyl/N-ethyl adjacent to an activating group) is 1. The van der Waals surface area contributed by atoms with Crippen LogP contribution in [0.3, 0.4) is 0 Å². The van der Waals surface area contributed by atoms with Crippen LogP contribution >= 0.6 is 11.6 Å². The minimum atomic E-state index is -0.0249. The van der Waals surface area contributed by atoms with Gasteiger partial charge in [0.05, 0.1) is 6.54 Å². The van der Waals surface area contributed by atoms with Crippen LogP contribution in [0.4, 0.5) is 5.69 Å². The number of nitrogens with zero attached hydrogens (tertiary/aromatic N) is 3. The molecular formula is C26H35ClN6O2. The summed E-state index contributed by atoms with van der Waals surface area (Å²) in [6.45, 7) is 6.88. The lowest BCUT2D eigenvalue weighted by Gasteiger charge is -2.34. The molecule has 188 valence electrons. The molecule has 35 heavy (non-hydrogen) atoms. The van der Waals surface area contributed by atoms with Crippen molar-refractivity contribution in [3.63, 3.8) is 0 Å². The molecule has 0 spiro atoms. The number of allylic oxidation sites excluding steroid dienone is 1. The molecular weight excluding hydrogens is 464 g/mol. The van der Waals surface area contributed by atoms with Crippen LogP contribution in [-0.2, 0) is 4.79 Å². The molecule has 1 fully saturated rings. The summed E-state index contributed by atoms with van der Waals surface area (Å²) in [6.07, 6.45) is 3.38. The largest absolute Gasteiger partial charge is 0.398 e. The maximum atomic E-state index is 12.8. The zero-order valence-corrected chi connectivity index (χ0v) is 21.4. The minimum Gasteiger partial charge on any atom is -0.398 e. The molecule has 0 bridgehead atoms. The number of piperazine rings is 1. The second-order valence-electron chi connectivity index (χ2n) is 7.58. The van der Waals surface area contributed by atoms with Gasteiger partial charge in [-0.2, -0.15) is 0 Å². The summed E-state index contributed by atoms with van der Waals surface area (Å²) in [5.74, 6) is 0.0361. The molecule has 2 aromatic rings. The summed E-state index contributed by atoms with van der Waals surface area (Å²) in [5, 5.41) is 6.71. The fourth-order valence-corrected chi connectivity index (χ4v) is 3.52. The van der Waals surface area contributed by atoms with Gasteiger partial charge in [0.2, 0.25) is 5.91 Å². The number of nitrogens with two attached hydrogens (primary N) is 1. The maximum absolute atomic E-state index is 12.8. The third kappa shape index (κ3) is 8.73. The van der Waals surface area contributed by atoms with E-state index < -0.39 is 0 Å². The molecule has 8 nitrogen and oxygen atoms in total. The first-order valence-electron chi connectivity index (χ1n) is 11.7. The molecule has 1 heterocycles. The van der Waals surface area contributed by atoms with E-state index in [1.54, 1.807) is 53.4 Å². The first-order valence-corrected chi connectivity index (χ1v) is 12.1. The highest BCUT2D eigenvalue weighted by Crippen LogP contribution is 2.14. The molecule has 4 N–H and O–H groups in total. The van der Waals surface area contributed by atoms with Gasteiger partial charge < -0.3 is 26.2 Å². The van der Waals surface area contributed by atoms with Crippen LogP contribution in [0.2, 0.25) is 5.02 Å². The Morgan fingerprint density at radius 2 is 1.54 bits per heavy atom. The zero-order valence-electron chi connectivity index (χ0n) is 20.6. The number of anilines is 1. The standard InChI is InChI=1S/C24H29ClN6O2.C2H6/c1-27-16-23(32)30-12-14-31(15-13-30)24(33)19-4-8-21(9-5-19)29-17-28-11-10-22(26)18-2-6-20(25)7-3-18;1-2/h2-11,27,29H,12-17,26H2,1H3;1-2H3/b22-10-,28-11-;. The van der Waals surface area contributed by atoms with Crippen molar-refractivity contribution in [2.45, 2.75) is 13.8 Å². The number of carbonyl (C=O) groups excluding carboxylic acids is 2. The van der Waals surface area contributed by atoms with E-state index in [-0.39, 0.29) is 11.8 Å². The van der Waals surface area contributed by atoms with Crippen LogP contribution < -0.4 is 16.4 Å². The van der Waals surface area contributed by atoms with Crippen molar-refractivity contribution in [1.82, 2.24) is 15.1 Å². The lowest BCUT2D eigenvalue weighted by molar-refractivity contribution is -0.131. The third-order valence-corrected chi connectivity index (χ3v) is 5.54. The van der Waals surface area contributed by atoms with E-state index >= 15 is 0 Å². The number of amides is 2. The summed E-state index contributed by atoms with van der Waals surface area (Å²) in [4.78, 5) is 32.6. The van der Waals surface area contributed by atoms with E-state index in [9.17, 15) is 9.59 Å². The number of carbonyl (C=O) groups is 2. The molecule has 2 amide bonds. The molecule has 1 aliphatic heterocycles. The fraction of sp³-hybridized carbons (Fsp3) is 0.346. The van der Waals surface area contributed by atoms with Gasteiger partial charge in [0.15, 0.2) is 0 Å². The number of halogens is 1. The Bertz CT molecular complexity index is 998. The minimum absolute atomic E-state index is 0.0249. The Balaban J connectivity index is 0.00000210. The van der Waals surface area contributed by atoms with Crippen LogP contribution in [0.25, 0.3) is 5.70 Å². The Hall–Kier alpha value is -3.36. The van der Waals surface area contributed by atoms with Gasteiger partial charge in [-0.1, -0.05) is 37.6 Å². The van der Waals surface area contributed by atoms with E-state index in [0.29, 0.717) is 55.7 Å². The number of hydrogen-bond acceptors (Lipinski definition) is 6. The molecule has 0 aliphatic carbocycles. The highest BCUT2D eigenvalue weighted by Gasteiger charge is 2.24.